The molecule has 2 rings (SSSR count). The Labute approximate surface area is 137 Å². The molecule has 22 heavy (non-hydrogen) atoms. The molecule has 0 aliphatic rings. The Bertz CT molecular complexity index is 720. The molecule has 0 aliphatic carbocycles. The molecule has 0 unspecified atom stereocenters. The number of esters is 1. The fraction of sp³-hybridized carbons (Fsp3) is 0.133. The normalized spacial score (nSPS) is 10.1. The van der Waals surface area contributed by atoms with E-state index in [4.69, 9.17) is 23.2 Å². The van der Waals surface area contributed by atoms with E-state index in [1.807, 2.05) is 0 Å². The molecule has 1 aromatic heterocycles. The molecule has 0 radical (unpaired) electrons. The molecular formula is C15H12Cl2N2O3. The van der Waals surface area contributed by atoms with Gasteiger partial charge in [-0.15, -0.1) is 0 Å². The van der Waals surface area contributed by atoms with E-state index in [0.717, 1.165) is 5.56 Å². The lowest BCUT2D eigenvalue weighted by molar-refractivity contribution is 0.0594. The summed E-state index contributed by atoms with van der Waals surface area (Å²) in [6.45, 7) is 0.221. The van der Waals surface area contributed by atoms with Crippen LogP contribution in [-0.2, 0) is 11.3 Å². The standard InChI is InChI=1S/C15H12Cl2N2O3/c1-22-15(21)13-4-2-3-12(19-13)14(20)18-8-9-5-6-10(16)7-11(9)17/h2-7H,8H2,1H3,(H,18,20). The van der Waals surface area contributed by atoms with E-state index in [0.29, 0.717) is 10.0 Å². The van der Waals surface area contributed by atoms with Crippen molar-refractivity contribution in [3.05, 3.63) is 63.4 Å². The Morgan fingerprint density at radius 3 is 2.59 bits per heavy atom. The molecule has 0 aliphatic heterocycles. The summed E-state index contributed by atoms with van der Waals surface area (Å²) in [5.41, 5.74) is 0.913. The van der Waals surface area contributed by atoms with Gasteiger partial charge in [-0.2, -0.15) is 0 Å². The minimum absolute atomic E-state index is 0.0691. The van der Waals surface area contributed by atoms with Crippen molar-refractivity contribution in [3.8, 4) is 0 Å². The third kappa shape index (κ3) is 3.96. The molecule has 1 amide bonds. The van der Waals surface area contributed by atoms with Crippen LogP contribution < -0.4 is 5.32 Å². The highest BCUT2D eigenvalue weighted by Gasteiger charge is 2.12. The number of halogens is 2. The van der Waals surface area contributed by atoms with Gasteiger partial charge in [-0.05, 0) is 29.8 Å². The first kappa shape index (κ1) is 16.3. The summed E-state index contributed by atoms with van der Waals surface area (Å²) >= 11 is 11.8. The highest BCUT2D eigenvalue weighted by molar-refractivity contribution is 6.35. The molecule has 1 aromatic carbocycles. The van der Waals surface area contributed by atoms with Crippen molar-refractivity contribution in [3.63, 3.8) is 0 Å². The summed E-state index contributed by atoms with van der Waals surface area (Å²) in [6.07, 6.45) is 0. The zero-order chi connectivity index (χ0) is 16.1. The van der Waals surface area contributed by atoms with Crippen molar-refractivity contribution >= 4 is 35.1 Å². The smallest absolute Gasteiger partial charge is 0.356 e. The third-order valence-electron chi connectivity index (χ3n) is 2.83. The van der Waals surface area contributed by atoms with Crippen LogP contribution in [0.1, 0.15) is 26.5 Å². The van der Waals surface area contributed by atoms with Gasteiger partial charge < -0.3 is 10.1 Å². The summed E-state index contributed by atoms with van der Waals surface area (Å²) in [4.78, 5) is 27.4. The fourth-order valence-electron chi connectivity index (χ4n) is 1.71. The SMILES string of the molecule is COC(=O)c1cccc(C(=O)NCc2ccc(Cl)cc2Cl)n1. The first-order valence-electron chi connectivity index (χ1n) is 6.28. The van der Waals surface area contributed by atoms with Crippen molar-refractivity contribution in [2.24, 2.45) is 0 Å². The lowest BCUT2D eigenvalue weighted by Crippen LogP contribution is -2.24. The Morgan fingerprint density at radius 2 is 1.91 bits per heavy atom. The van der Waals surface area contributed by atoms with Crippen molar-refractivity contribution in [2.75, 3.05) is 7.11 Å². The van der Waals surface area contributed by atoms with Crippen LogP contribution in [0, 0.1) is 0 Å². The lowest BCUT2D eigenvalue weighted by Gasteiger charge is -2.07. The number of ether oxygens (including phenoxy) is 1. The molecule has 0 atom stereocenters. The highest BCUT2D eigenvalue weighted by atomic mass is 35.5. The summed E-state index contributed by atoms with van der Waals surface area (Å²) in [5.74, 6) is -1.02. The monoisotopic (exact) mass is 338 g/mol. The minimum atomic E-state index is -0.601. The second-order valence-corrected chi connectivity index (χ2v) is 5.16. The molecule has 0 saturated carbocycles. The van der Waals surface area contributed by atoms with Gasteiger partial charge in [0.25, 0.3) is 5.91 Å². The average molecular weight is 339 g/mol. The number of methoxy groups -OCH3 is 1. The maximum Gasteiger partial charge on any atom is 0.356 e. The molecule has 1 heterocycles. The van der Waals surface area contributed by atoms with Gasteiger partial charge in [0.15, 0.2) is 0 Å². The first-order valence-corrected chi connectivity index (χ1v) is 7.04. The quantitative estimate of drug-likeness (QED) is 0.869. The van der Waals surface area contributed by atoms with E-state index < -0.39 is 11.9 Å². The van der Waals surface area contributed by atoms with Crippen molar-refractivity contribution in [1.82, 2.24) is 10.3 Å². The summed E-state index contributed by atoms with van der Waals surface area (Å²) in [5, 5.41) is 3.66. The molecule has 7 heteroatoms. The van der Waals surface area contributed by atoms with E-state index in [1.165, 1.54) is 19.2 Å². The zero-order valence-electron chi connectivity index (χ0n) is 11.6. The number of amides is 1. The molecule has 5 nitrogen and oxygen atoms in total. The topological polar surface area (TPSA) is 68.3 Å². The predicted octanol–water partition coefficient (Wildman–Crippen LogP) is 3.11. The fourth-order valence-corrected chi connectivity index (χ4v) is 2.19. The van der Waals surface area contributed by atoms with Crippen LogP contribution in [0.5, 0.6) is 0 Å². The Hall–Kier alpha value is -2.11. The van der Waals surface area contributed by atoms with Crippen LogP contribution in [0.2, 0.25) is 10.0 Å². The van der Waals surface area contributed by atoms with Gasteiger partial charge in [0.2, 0.25) is 0 Å². The van der Waals surface area contributed by atoms with Crippen molar-refractivity contribution in [1.29, 1.82) is 0 Å². The summed E-state index contributed by atoms with van der Waals surface area (Å²) < 4.78 is 4.56. The molecule has 114 valence electrons. The van der Waals surface area contributed by atoms with Crippen LogP contribution in [0.25, 0.3) is 0 Å². The minimum Gasteiger partial charge on any atom is -0.464 e. The number of aromatic nitrogens is 1. The van der Waals surface area contributed by atoms with Crippen molar-refractivity contribution < 1.29 is 14.3 Å². The number of benzene rings is 1. The average Bonchev–Trinajstić information content (AvgIpc) is 2.53. The number of nitrogens with zero attached hydrogens (tertiary/aromatic N) is 1. The maximum atomic E-state index is 12.1. The van der Waals surface area contributed by atoms with E-state index in [9.17, 15) is 9.59 Å². The number of pyridine rings is 1. The van der Waals surface area contributed by atoms with E-state index in [1.54, 1.807) is 24.3 Å². The molecule has 2 aromatic rings. The largest absolute Gasteiger partial charge is 0.464 e. The number of hydrogen-bond acceptors (Lipinski definition) is 4. The molecule has 0 saturated heterocycles. The molecule has 0 bridgehead atoms. The van der Waals surface area contributed by atoms with Crippen LogP contribution >= 0.6 is 23.2 Å². The molecule has 0 fully saturated rings. The van der Waals surface area contributed by atoms with Gasteiger partial charge in [-0.25, -0.2) is 9.78 Å². The highest BCUT2D eigenvalue weighted by Crippen LogP contribution is 2.20. The molecule has 0 spiro atoms. The number of rotatable bonds is 4. The Kier molecular flexibility index (Phi) is 5.35. The van der Waals surface area contributed by atoms with Gasteiger partial charge >= 0.3 is 5.97 Å². The second kappa shape index (κ2) is 7.24. The third-order valence-corrected chi connectivity index (χ3v) is 3.42. The van der Waals surface area contributed by atoms with E-state index in [-0.39, 0.29) is 17.9 Å². The van der Waals surface area contributed by atoms with Crippen molar-refractivity contribution in [2.45, 2.75) is 6.54 Å². The van der Waals surface area contributed by atoms with Crippen LogP contribution in [0.3, 0.4) is 0 Å². The number of carbonyl (C=O) groups is 2. The Morgan fingerprint density at radius 1 is 1.18 bits per heavy atom. The lowest BCUT2D eigenvalue weighted by atomic mass is 10.2. The predicted molar refractivity (Wildman–Crippen MR) is 83.2 cm³/mol. The van der Waals surface area contributed by atoms with Crippen LogP contribution in [-0.4, -0.2) is 24.0 Å². The number of carbonyl (C=O) groups excluding carboxylic acids is 2. The van der Waals surface area contributed by atoms with Crippen LogP contribution in [0.4, 0.5) is 0 Å². The summed E-state index contributed by atoms with van der Waals surface area (Å²) in [6, 6.07) is 9.54. The summed E-state index contributed by atoms with van der Waals surface area (Å²) in [7, 11) is 1.25. The van der Waals surface area contributed by atoms with Gasteiger partial charge in [0, 0.05) is 16.6 Å². The van der Waals surface area contributed by atoms with E-state index >= 15 is 0 Å². The maximum absolute atomic E-state index is 12.1. The van der Waals surface area contributed by atoms with Gasteiger partial charge in [0.1, 0.15) is 11.4 Å². The number of nitrogens with one attached hydrogen (secondary N) is 1. The zero-order valence-corrected chi connectivity index (χ0v) is 13.1. The Balaban J connectivity index is 2.08. The molecule has 1 N–H and O–H groups in total. The first-order chi connectivity index (χ1) is 10.5. The number of hydrogen-bond donors (Lipinski definition) is 1. The molecular weight excluding hydrogens is 327 g/mol. The van der Waals surface area contributed by atoms with Gasteiger partial charge in [0.05, 0.1) is 7.11 Å². The van der Waals surface area contributed by atoms with E-state index in [2.05, 4.69) is 15.0 Å². The van der Waals surface area contributed by atoms with Gasteiger partial charge in [-0.1, -0.05) is 35.3 Å². The van der Waals surface area contributed by atoms with Crippen LogP contribution in [0.15, 0.2) is 36.4 Å². The van der Waals surface area contributed by atoms with Gasteiger partial charge in [-0.3, -0.25) is 4.79 Å². The second-order valence-electron chi connectivity index (χ2n) is 4.32.